The van der Waals surface area contributed by atoms with Crippen LogP contribution in [0.5, 0.6) is 5.75 Å². The summed E-state index contributed by atoms with van der Waals surface area (Å²) < 4.78 is 10.2. The second-order valence-electron chi connectivity index (χ2n) is 5.40. The maximum absolute atomic E-state index is 12.5. The summed E-state index contributed by atoms with van der Waals surface area (Å²) in [6, 6.07) is 5.61. The smallest absolute Gasteiger partial charge is 0.322 e. The molecule has 1 aliphatic rings. The topological polar surface area (TPSA) is 97.0 Å². The summed E-state index contributed by atoms with van der Waals surface area (Å²) in [4.78, 5) is 37.6. The molecule has 2 rings (SSSR count). The van der Waals surface area contributed by atoms with Crippen LogP contribution in [0.1, 0.15) is 20.3 Å². The minimum absolute atomic E-state index is 0.170. The molecule has 1 heterocycles. The fraction of sp³-hybridized carbons (Fsp3) is 0.471. The van der Waals surface area contributed by atoms with Crippen LogP contribution in [-0.2, 0) is 14.3 Å². The van der Waals surface area contributed by atoms with E-state index in [2.05, 4.69) is 10.6 Å². The molecular formula is C17H23N3O5. The minimum atomic E-state index is -0.879. The molecule has 1 atom stereocenters. The largest absolute Gasteiger partial charge is 0.494 e. The third-order valence-electron chi connectivity index (χ3n) is 3.67. The number of hydrogen-bond donors (Lipinski definition) is 2. The Hall–Kier alpha value is -2.77. The van der Waals surface area contributed by atoms with E-state index in [4.69, 9.17) is 9.47 Å². The second-order valence-corrected chi connectivity index (χ2v) is 5.40. The van der Waals surface area contributed by atoms with Gasteiger partial charge in [-0.05, 0) is 38.1 Å². The Morgan fingerprint density at radius 2 is 1.96 bits per heavy atom. The lowest BCUT2D eigenvalue weighted by Gasteiger charge is -2.34. The van der Waals surface area contributed by atoms with Gasteiger partial charge >= 0.3 is 12.0 Å². The lowest BCUT2D eigenvalue weighted by atomic mass is 10.1. The van der Waals surface area contributed by atoms with Gasteiger partial charge < -0.3 is 25.0 Å². The Kier molecular flexibility index (Phi) is 6.62. The summed E-state index contributed by atoms with van der Waals surface area (Å²) in [5, 5.41) is 5.40. The predicted molar refractivity (Wildman–Crippen MR) is 91.4 cm³/mol. The zero-order valence-corrected chi connectivity index (χ0v) is 14.4. The van der Waals surface area contributed by atoms with E-state index >= 15 is 0 Å². The van der Waals surface area contributed by atoms with Crippen molar-refractivity contribution in [1.29, 1.82) is 0 Å². The minimum Gasteiger partial charge on any atom is -0.494 e. The fourth-order valence-electron chi connectivity index (χ4n) is 2.53. The van der Waals surface area contributed by atoms with Gasteiger partial charge in [0.25, 0.3) is 0 Å². The quantitative estimate of drug-likeness (QED) is 0.756. The van der Waals surface area contributed by atoms with E-state index in [1.54, 1.807) is 31.2 Å². The van der Waals surface area contributed by atoms with Gasteiger partial charge in [-0.1, -0.05) is 0 Å². The molecule has 1 aromatic rings. The maximum atomic E-state index is 12.5. The van der Waals surface area contributed by atoms with Gasteiger partial charge in [0.2, 0.25) is 5.91 Å². The third-order valence-corrected chi connectivity index (χ3v) is 3.67. The highest BCUT2D eigenvalue weighted by Gasteiger charge is 2.35. The molecule has 0 aliphatic carbocycles. The molecule has 25 heavy (non-hydrogen) atoms. The first kappa shape index (κ1) is 18.6. The second kappa shape index (κ2) is 8.91. The van der Waals surface area contributed by atoms with Gasteiger partial charge in [-0.15, -0.1) is 0 Å². The average Bonchev–Trinajstić information content (AvgIpc) is 2.59. The lowest BCUT2D eigenvalue weighted by Crippen LogP contribution is -2.58. The van der Waals surface area contributed by atoms with Crippen molar-refractivity contribution in [3.8, 4) is 5.75 Å². The SMILES string of the molecule is CCOC(=O)CC1C(=O)NCCN1C(=O)Nc1ccc(OCC)cc1. The Bertz CT molecular complexity index is 617. The van der Waals surface area contributed by atoms with Crippen molar-refractivity contribution in [3.05, 3.63) is 24.3 Å². The number of carbonyl (C=O) groups is 3. The molecule has 8 nitrogen and oxygen atoms in total. The van der Waals surface area contributed by atoms with Crippen molar-refractivity contribution >= 4 is 23.6 Å². The number of nitrogens with zero attached hydrogens (tertiary/aromatic N) is 1. The molecule has 2 N–H and O–H groups in total. The van der Waals surface area contributed by atoms with Crippen molar-refractivity contribution in [2.24, 2.45) is 0 Å². The summed E-state index contributed by atoms with van der Waals surface area (Å²) >= 11 is 0. The standard InChI is InChI=1S/C17H23N3O5/c1-3-24-13-7-5-12(6-8-13)19-17(23)20-10-9-18-16(22)14(20)11-15(21)25-4-2/h5-8,14H,3-4,9-11H2,1-2H3,(H,18,22)(H,19,23). The first-order valence-electron chi connectivity index (χ1n) is 8.29. The van der Waals surface area contributed by atoms with Crippen LogP contribution in [0.25, 0.3) is 0 Å². The zero-order chi connectivity index (χ0) is 18.2. The predicted octanol–water partition coefficient (Wildman–Crippen LogP) is 1.37. The van der Waals surface area contributed by atoms with E-state index in [-0.39, 0.29) is 18.9 Å². The summed E-state index contributed by atoms with van der Waals surface area (Å²) in [6.45, 7) is 5.03. The molecule has 1 aromatic carbocycles. The molecular weight excluding hydrogens is 326 g/mol. The lowest BCUT2D eigenvalue weighted by molar-refractivity contribution is -0.147. The molecule has 1 aliphatic heterocycles. The van der Waals surface area contributed by atoms with Gasteiger partial charge in [0.05, 0.1) is 19.6 Å². The van der Waals surface area contributed by atoms with Gasteiger partial charge in [0.15, 0.2) is 0 Å². The van der Waals surface area contributed by atoms with Crippen LogP contribution in [0.4, 0.5) is 10.5 Å². The number of urea groups is 1. The van der Waals surface area contributed by atoms with Crippen molar-refractivity contribution in [2.75, 3.05) is 31.6 Å². The van der Waals surface area contributed by atoms with Crippen LogP contribution in [0.3, 0.4) is 0 Å². The van der Waals surface area contributed by atoms with Crippen LogP contribution in [0, 0.1) is 0 Å². The summed E-state index contributed by atoms with van der Waals surface area (Å²) in [5.41, 5.74) is 0.578. The third kappa shape index (κ3) is 5.10. The Morgan fingerprint density at radius 3 is 2.60 bits per heavy atom. The Balaban J connectivity index is 2.03. The highest BCUT2D eigenvalue weighted by atomic mass is 16.5. The van der Waals surface area contributed by atoms with Gasteiger partial charge in [0.1, 0.15) is 11.8 Å². The number of anilines is 1. The zero-order valence-electron chi connectivity index (χ0n) is 14.4. The van der Waals surface area contributed by atoms with Crippen molar-refractivity contribution in [1.82, 2.24) is 10.2 Å². The number of piperazine rings is 1. The van der Waals surface area contributed by atoms with Crippen LogP contribution in [0.15, 0.2) is 24.3 Å². The molecule has 1 unspecified atom stereocenters. The number of amides is 3. The molecule has 0 saturated carbocycles. The number of benzene rings is 1. The molecule has 0 spiro atoms. The van der Waals surface area contributed by atoms with Crippen molar-refractivity contribution < 1.29 is 23.9 Å². The van der Waals surface area contributed by atoms with Crippen LogP contribution < -0.4 is 15.4 Å². The summed E-state index contributed by atoms with van der Waals surface area (Å²) in [7, 11) is 0. The van der Waals surface area contributed by atoms with Crippen molar-refractivity contribution in [2.45, 2.75) is 26.3 Å². The van der Waals surface area contributed by atoms with Gasteiger partial charge in [-0.3, -0.25) is 9.59 Å². The van der Waals surface area contributed by atoms with Gasteiger partial charge in [-0.25, -0.2) is 4.79 Å². The fourth-order valence-corrected chi connectivity index (χ4v) is 2.53. The van der Waals surface area contributed by atoms with Crippen LogP contribution in [0.2, 0.25) is 0 Å². The maximum Gasteiger partial charge on any atom is 0.322 e. The van der Waals surface area contributed by atoms with E-state index in [0.29, 0.717) is 31.1 Å². The number of carbonyl (C=O) groups excluding carboxylic acids is 3. The Labute approximate surface area is 146 Å². The van der Waals surface area contributed by atoms with Crippen molar-refractivity contribution in [3.63, 3.8) is 0 Å². The van der Waals surface area contributed by atoms with E-state index < -0.39 is 18.0 Å². The molecule has 1 saturated heterocycles. The molecule has 0 bridgehead atoms. The summed E-state index contributed by atoms with van der Waals surface area (Å²) in [5.74, 6) is -0.164. The van der Waals surface area contributed by atoms with Gasteiger partial charge in [0, 0.05) is 18.8 Å². The van der Waals surface area contributed by atoms with E-state index in [9.17, 15) is 14.4 Å². The highest BCUT2D eigenvalue weighted by molar-refractivity contribution is 5.96. The molecule has 136 valence electrons. The number of esters is 1. The van der Waals surface area contributed by atoms with E-state index in [1.807, 2.05) is 6.92 Å². The van der Waals surface area contributed by atoms with Crippen LogP contribution in [-0.4, -0.2) is 55.2 Å². The molecule has 0 aromatic heterocycles. The first-order valence-corrected chi connectivity index (χ1v) is 8.29. The van der Waals surface area contributed by atoms with Gasteiger partial charge in [-0.2, -0.15) is 0 Å². The van der Waals surface area contributed by atoms with E-state index in [0.717, 1.165) is 0 Å². The number of rotatable bonds is 6. The number of ether oxygens (including phenoxy) is 2. The number of hydrogen-bond acceptors (Lipinski definition) is 5. The molecule has 3 amide bonds. The molecule has 0 radical (unpaired) electrons. The molecule has 1 fully saturated rings. The number of nitrogens with one attached hydrogen (secondary N) is 2. The molecule has 8 heteroatoms. The van der Waals surface area contributed by atoms with Crippen LogP contribution >= 0.6 is 0 Å². The highest BCUT2D eigenvalue weighted by Crippen LogP contribution is 2.17. The Morgan fingerprint density at radius 1 is 1.24 bits per heavy atom. The monoisotopic (exact) mass is 349 g/mol. The average molecular weight is 349 g/mol. The summed E-state index contributed by atoms with van der Waals surface area (Å²) in [6.07, 6.45) is -0.170. The van der Waals surface area contributed by atoms with E-state index in [1.165, 1.54) is 4.90 Å². The normalized spacial score (nSPS) is 16.8. The first-order chi connectivity index (χ1) is 12.0.